The monoisotopic (exact) mass is 381 g/mol. The number of aliphatic imine (C=N–C) groups is 1. The van der Waals surface area contributed by atoms with Crippen LogP contribution in [0.2, 0.25) is 5.02 Å². The van der Waals surface area contributed by atoms with Crippen LogP contribution in [0.1, 0.15) is 10.4 Å². The zero-order chi connectivity index (χ0) is 17.3. The average molecular weight is 382 g/mol. The van der Waals surface area contributed by atoms with Crippen molar-refractivity contribution in [2.75, 3.05) is 7.11 Å². The van der Waals surface area contributed by atoms with Crippen molar-refractivity contribution in [1.82, 2.24) is 0 Å². The Bertz CT molecular complexity index is 958. The second-order valence-corrected chi connectivity index (χ2v) is 7.71. The van der Waals surface area contributed by atoms with Crippen LogP contribution < -0.4 is 0 Å². The molecule has 0 radical (unpaired) electrons. The topological polar surface area (TPSA) is 86.9 Å². The number of hydrogen-bond donors (Lipinski definition) is 0. The van der Waals surface area contributed by atoms with Crippen molar-refractivity contribution in [1.29, 1.82) is 0 Å². The average Bonchev–Trinajstić information content (AvgIpc) is 2.53. The van der Waals surface area contributed by atoms with E-state index in [9.17, 15) is 13.2 Å². The molecule has 24 heavy (non-hydrogen) atoms. The molecule has 0 amide bonds. The van der Waals surface area contributed by atoms with Gasteiger partial charge in [-0.05, 0) is 41.2 Å². The summed E-state index contributed by atoms with van der Waals surface area (Å²) in [7, 11) is -2.73. The molecule has 0 bridgehead atoms. The lowest BCUT2D eigenvalue weighted by atomic mass is 10.2. The number of amidine groups is 1. The number of sulfonamides is 1. The minimum absolute atomic E-state index is 0.0413. The van der Waals surface area contributed by atoms with Gasteiger partial charge in [0.05, 0.1) is 17.6 Å². The Morgan fingerprint density at radius 2 is 2.04 bits per heavy atom. The molecule has 0 spiro atoms. The van der Waals surface area contributed by atoms with Gasteiger partial charge in [0.25, 0.3) is 0 Å². The molecule has 3 rings (SSSR count). The summed E-state index contributed by atoms with van der Waals surface area (Å²) >= 11 is 6.99. The van der Waals surface area contributed by atoms with E-state index in [-0.39, 0.29) is 15.6 Å². The van der Waals surface area contributed by atoms with Crippen molar-refractivity contribution in [2.24, 2.45) is 4.99 Å². The molecule has 6 nitrogen and oxygen atoms in total. The molecule has 0 fully saturated rings. The Kier molecular flexibility index (Phi) is 4.53. The normalized spacial score (nSPS) is 17.0. The number of nitrogens with zero attached hydrogens (tertiary/aromatic N) is 2. The van der Waals surface area contributed by atoms with Gasteiger partial charge in [-0.3, -0.25) is 0 Å². The van der Waals surface area contributed by atoms with E-state index in [0.29, 0.717) is 15.6 Å². The number of carbonyl (C=O) groups is 1. The number of fused-ring (bicyclic) bond motifs is 1. The molecule has 0 N–H and O–H groups in total. The largest absolute Gasteiger partial charge is 0.465 e. The van der Waals surface area contributed by atoms with Crippen LogP contribution in [0.5, 0.6) is 0 Å². The summed E-state index contributed by atoms with van der Waals surface area (Å²) in [5.74, 6) is -0.614. The fourth-order valence-electron chi connectivity index (χ4n) is 2.01. The molecule has 124 valence electrons. The first-order chi connectivity index (χ1) is 11.4. The zero-order valence-corrected chi connectivity index (χ0v) is 14.7. The minimum Gasteiger partial charge on any atom is -0.465 e. The molecular formula is C15H10ClN2O4S2-. The molecule has 0 atom stereocenters. The fourth-order valence-corrected chi connectivity index (χ4v) is 4.66. The van der Waals surface area contributed by atoms with Crippen LogP contribution in [-0.2, 0) is 14.8 Å². The van der Waals surface area contributed by atoms with Crippen molar-refractivity contribution in [3.63, 3.8) is 0 Å². The standard InChI is InChI=1S/C15H10ClN2O4S2/c1-22-14(19)9-5-6-12-13(7-9)24(20,21)18-15(23-12)17-11-4-2-3-10(16)8-11/h2-8H,1H3/q-1. The lowest BCUT2D eigenvalue weighted by molar-refractivity contribution is 0.0600. The highest BCUT2D eigenvalue weighted by Gasteiger charge is 2.24. The Morgan fingerprint density at radius 1 is 1.25 bits per heavy atom. The van der Waals surface area contributed by atoms with Crippen LogP contribution in [-0.4, -0.2) is 26.7 Å². The summed E-state index contributed by atoms with van der Waals surface area (Å²) in [5.41, 5.74) is 0.643. The summed E-state index contributed by atoms with van der Waals surface area (Å²) in [6.45, 7) is 0. The first-order valence-electron chi connectivity index (χ1n) is 6.61. The summed E-state index contributed by atoms with van der Waals surface area (Å²) in [6, 6.07) is 11.0. The molecule has 1 aliphatic rings. The molecule has 9 heteroatoms. The number of benzene rings is 2. The van der Waals surface area contributed by atoms with Gasteiger partial charge in [-0.1, -0.05) is 35.5 Å². The van der Waals surface area contributed by atoms with E-state index >= 15 is 0 Å². The number of halogens is 1. The molecular weight excluding hydrogens is 372 g/mol. The lowest BCUT2D eigenvalue weighted by Crippen LogP contribution is -2.13. The number of thioether (sulfide) groups is 1. The van der Waals surface area contributed by atoms with Crippen molar-refractivity contribution in [3.05, 3.63) is 57.8 Å². The number of carbonyl (C=O) groups excluding carboxylic acids is 1. The van der Waals surface area contributed by atoms with Gasteiger partial charge in [-0.15, -0.1) is 0 Å². The van der Waals surface area contributed by atoms with Gasteiger partial charge in [0.1, 0.15) is 0 Å². The molecule has 0 saturated carbocycles. The Morgan fingerprint density at radius 3 is 2.75 bits per heavy atom. The van der Waals surface area contributed by atoms with E-state index in [0.717, 1.165) is 11.8 Å². The van der Waals surface area contributed by atoms with Gasteiger partial charge < -0.3 is 14.5 Å². The maximum absolute atomic E-state index is 12.4. The predicted molar refractivity (Wildman–Crippen MR) is 92.7 cm³/mol. The number of hydrogen-bond acceptors (Lipinski definition) is 6. The number of ether oxygens (including phenoxy) is 1. The van der Waals surface area contributed by atoms with Gasteiger partial charge in [0.2, 0.25) is 10.0 Å². The third-order valence-electron chi connectivity index (χ3n) is 3.08. The van der Waals surface area contributed by atoms with Crippen LogP contribution in [0.25, 0.3) is 4.72 Å². The Balaban J connectivity index is 2.01. The van der Waals surface area contributed by atoms with E-state index < -0.39 is 16.0 Å². The van der Waals surface area contributed by atoms with Crippen molar-refractivity contribution >= 4 is 50.2 Å². The summed E-state index contributed by atoms with van der Waals surface area (Å²) in [5, 5.41) is 0.569. The summed E-state index contributed by atoms with van der Waals surface area (Å²) in [6.07, 6.45) is 0. The van der Waals surface area contributed by atoms with Crippen molar-refractivity contribution in [3.8, 4) is 0 Å². The first kappa shape index (κ1) is 16.8. The van der Waals surface area contributed by atoms with E-state index in [2.05, 4.69) is 14.5 Å². The van der Waals surface area contributed by atoms with Crippen LogP contribution in [0.15, 0.2) is 57.2 Å². The van der Waals surface area contributed by atoms with Gasteiger partial charge in [0, 0.05) is 9.92 Å². The van der Waals surface area contributed by atoms with E-state index in [1.165, 1.54) is 25.3 Å². The highest BCUT2D eigenvalue weighted by Crippen LogP contribution is 2.40. The maximum Gasteiger partial charge on any atom is 0.337 e. The quantitative estimate of drug-likeness (QED) is 0.734. The van der Waals surface area contributed by atoms with Crippen LogP contribution >= 0.6 is 23.4 Å². The Hall–Kier alpha value is -2.03. The summed E-state index contributed by atoms with van der Waals surface area (Å²) < 4.78 is 33.0. The van der Waals surface area contributed by atoms with Gasteiger partial charge in [-0.25, -0.2) is 13.2 Å². The molecule has 1 aliphatic heterocycles. The fraction of sp³-hybridized carbons (Fsp3) is 0.0667. The SMILES string of the molecule is COC(=O)c1ccc2c(c1)S(=O)(=O)[N-]C(=Nc1cccc(Cl)c1)S2. The maximum atomic E-state index is 12.4. The highest BCUT2D eigenvalue weighted by molar-refractivity contribution is 8.17. The number of rotatable bonds is 2. The predicted octanol–water partition coefficient (Wildman–Crippen LogP) is 3.98. The zero-order valence-electron chi connectivity index (χ0n) is 12.3. The van der Waals surface area contributed by atoms with Gasteiger partial charge in [0.15, 0.2) is 0 Å². The van der Waals surface area contributed by atoms with Crippen molar-refractivity contribution < 1.29 is 17.9 Å². The van der Waals surface area contributed by atoms with E-state index in [1.54, 1.807) is 24.3 Å². The molecule has 0 saturated heterocycles. The van der Waals surface area contributed by atoms with Gasteiger partial charge in [-0.2, -0.15) is 0 Å². The highest BCUT2D eigenvalue weighted by atomic mass is 35.5. The summed E-state index contributed by atoms with van der Waals surface area (Å²) in [4.78, 5) is 16.2. The third-order valence-corrected chi connectivity index (χ3v) is 5.80. The van der Waals surface area contributed by atoms with E-state index in [1.807, 2.05) is 0 Å². The van der Waals surface area contributed by atoms with Crippen molar-refractivity contribution in [2.45, 2.75) is 9.79 Å². The van der Waals surface area contributed by atoms with E-state index in [4.69, 9.17) is 11.6 Å². The van der Waals surface area contributed by atoms with Crippen LogP contribution in [0, 0.1) is 0 Å². The first-order valence-corrected chi connectivity index (χ1v) is 9.25. The minimum atomic E-state index is -3.95. The number of esters is 1. The van der Waals surface area contributed by atoms with Crippen LogP contribution in [0.3, 0.4) is 0 Å². The molecule has 0 unspecified atom stereocenters. The molecule has 2 aromatic rings. The lowest BCUT2D eigenvalue weighted by Gasteiger charge is -2.26. The molecule has 1 heterocycles. The molecule has 0 aliphatic carbocycles. The van der Waals surface area contributed by atoms with Crippen LogP contribution in [0.4, 0.5) is 5.69 Å². The third kappa shape index (κ3) is 3.40. The second-order valence-electron chi connectivity index (χ2n) is 4.70. The Labute approximate surface area is 147 Å². The smallest absolute Gasteiger partial charge is 0.337 e. The van der Waals surface area contributed by atoms with Gasteiger partial charge >= 0.3 is 5.97 Å². The molecule has 2 aromatic carbocycles. The second kappa shape index (κ2) is 6.46. The number of methoxy groups -OCH3 is 1. The molecule has 0 aromatic heterocycles.